The molecule has 7 nitrogen and oxygen atoms in total. The van der Waals surface area contributed by atoms with Crippen LogP contribution in [0.5, 0.6) is 0 Å². The summed E-state index contributed by atoms with van der Waals surface area (Å²) in [6.07, 6.45) is -0.264. The van der Waals surface area contributed by atoms with Crippen molar-refractivity contribution in [2.75, 3.05) is 13.1 Å². The van der Waals surface area contributed by atoms with Crippen LogP contribution in [0.2, 0.25) is 0 Å². The Bertz CT molecular complexity index is 426. The van der Waals surface area contributed by atoms with Crippen LogP contribution in [0.1, 0.15) is 27.2 Å². The molecular weight excluding hydrogens is 252 g/mol. The molecule has 1 fully saturated rings. The highest BCUT2D eigenvalue weighted by Gasteiger charge is 2.43. The number of aliphatic carboxylic acids is 1. The van der Waals surface area contributed by atoms with Gasteiger partial charge in [0.15, 0.2) is 11.8 Å². The van der Waals surface area contributed by atoms with Crippen molar-refractivity contribution in [3.8, 4) is 0 Å². The first kappa shape index (κ1) is 13.6. The standard InChI is InChI=1S/C12H18N2O5/c1-12(2,3)18-11(17)14-5-4-7-8(6-14)19-13-9(7)10(15)16/h7-8H,4-6H2,1-3H3,(H,15,16)/t7-,8+/m0/s1. The molecule has 1 amide bonds. The number of amides is 1. The highest BCUT2D eigenvalue weighted by Crippen LogP contribution is 2.28. The molecule has 0 saturated carbocycles. The van der Waals surface area contributed by atoms with E-state index in [1.54, 1.807) is 20.8 Å². The molecule has 0 aromatic carbocycles. The van der Waals surface area contributed by atoms with Gasteiger partial charge in [-0.3, -0.25) is 0 Å². The molecule has 2 aliphatic rings. The number of oxime groups is 1. The van der Waals surface area contributed by atoms with Crippen molar-refractivity contribution in [1.82, 2.24) is 4.90 Å². The van der Waals surface area contributed by atoms with E-state index < -0.39 is 17.7 Å². The average Bonchev–Trinajstić information content (AvgIpc) is 2.68. The Morgan fingerprint density at radius 3 is 2.74 bits per heavy atom. The Hall–Kier alpha value is -1.79. The summed E-state index contributed by atoms with van der Waals surface area (Å²) in [5.41, 5.74) is -0.499. The number of hydrogen-bond acceptors (Lipinski definition) is 5. The van der Waals surface area contributed by atoms with E-state index in [-0.39, 0.29) is 17.7 Å². The lowest BCUT2D eigenvalue weighted by molar-refractivity contribution is -0.129. The summed E-state index contributed by atoms with van der Waals surface area (Å²) in [4.78, 5) is 29.5. The van der Waals surface area contributed by atoms with E-state index in [0.717, 1.165) is 0 Å². The molecule has 7 heteroatoms. The van der Waals surface area contributed by atoms with Gasteiger partial charge in [0.1, 0.15) is 5.60 Å². The Kier molecular flexibility index (Phi) is 3.38. The number of rotatable bonds is 1. The normalized spacial score (nSPS) is 26.3. The van der Waals surface area contributed by atoms with Crippen molar-refractivity contribution < 1.29 is 24.3 Å². The zero-order valence-corrected chi connectivity index (χ0v) is 11.3. The lowest BCUT2D eigenvalue weighted by Gasteiger charge is -2.34. The van der Waals surface area contributed by atoms with E-state index in [1.807, 2.05) is 0 Å². The lowest BCUT2D eigenvalue weighted by Crippen LogP contribution is -2.49. The molecule has 106 valence electrons. The molecule has 0 spiro atoms. The van der Waals surface area contributed by atoms with E-state index in [2.05, 4.69) is 5.16 Å². The molecule has 2 rings (SSSR count). The van der Waals surface area contributed by atoms with E-state index >= 15 is 0 Å². The monoisotopic (exact) mass is 270 g/mol. The largest absolute Gasteiger partial charge is 0.477 e. The number of carboxylic acids is 1. The fourth-order valence-corrected chi connectivity index (χ4v) is 2.22. The molecule has 1 N–H and O–H groups in total. The summed E-state index contributed by atoms with van der Waals surface area (Å²) in [5, 5.41) is 12.6. The number of likely N-dealkylation sites (tertiary alicyclic amines) is 1. The zero-order valence-electron chi connectivity index (χ0n) is 11.3. The molecule has 1 saturated heterocycles. The minimum atomic E-state index is -1.06. The van der Waals surface area contributed by atoms with E-state index in [4.69, 9.17) is 14.7 Å². The molecular formula is C12H18N2O5. The molecule has 0 aliphatic carbocycles. The van der Waals surface area contributed by atoms with Crippen LogP contribution in [0.15, 0.2) is 5.16 Å². The van der Waals surface area contributed by atoms with Crippen LogP contribution in [-0.4, -0.2) is 52.6 Å². The molecule has 0 aromatic heterocycles. The summed E-state index contributed by atoms with van der Waals surface area (Å²) in [5.74, 6) is -1.30. The molecule has 2 heterocycles. The van der Waals surface area contributed by atoms with Crippen molar-refractivity contribution in [2.45, 2.75) is 38.9 Å². The first-order chi connectivity index (χ1) is 8.78. The van der Waals surface area contributed by atoms with Crippen LogP contribution in [0.4, 0.5) is 4.79 Å². The second-order valence-electron chi connectivity index (χ2n) is 5.75. The Labute approximate surface area is 111 Å². The van der Waals surface area contributed by atoms with Gasteiger partial charge in [-0.25, -0.2) is 9.59 Å². The van der Waals surface area contributed by atoms with Crippen LogP contribution in [0, 0.1) is 5.92 Å². The SMILES string of the molecule is CC(C)(C)OC(=O)N1CC[C@@H]2C(C(=O)O)=NO[C@@H]2C1. The minimum Gasteiger partial charge on any atom is -0.477 e. The smallest absolute Gasteiger partial charge is 0.410 e. The van der Waals surface area contributed by atoms with Crippen molar-refractivity contribution in [3.05, 3.63) is 0 Å². The highest BCUT2D eigenvalue weighted by molar-refractivity contribution is 6.36. The lowest BCUT2D eigenvalue weighted by atomic mass is 9.90. The predicted octanol–water partition coefficient (Wildman–Crippen LogP) is 1.08. The summed E-state index contributed by atoms with van der Waals surface area (Å²) in [6.45, 7) is 6.16. The van der Waals surface area contributed by atoms with Crippen molar-refractivity contribution >= 4 is 17.8 Å². The summed E-state index contributed by atoms with van der Waals surface area (Å²) in [6, 6.07) is 0. The van der Waals surface area contributed by atoms with E-state index in [0.29, 0.717) is 19.5 Å². The van der Waals surface area contributed by atoms with Gasteiger partial charge in [-0.15, -0.1) is 0 Å². The predicted molar refractivity (Wildman–Crippen MR) is 65.9 cm³/mol. The molecule has 2 atom stereocenters. The average molecular weight is 270 g/mol. The summed E-state index contributed by atoms with van der Waals surface area (Å²) in [7, 11) is 0. The third-order valence-electron chi connectivity index (χ3n) is 3.07. The molecule has 19 heavy (non-hydrogen) atoms. The Morgan fingerprint density at radius 1 is 1.47 bits per heavy atom. The van der Waals surface area contributed by atoms with Crippen LogP contribution in [0.25, 0.3) is 0 Å². The summed E-state index contributed by atoms with van der Waals surface area (Å²) < 4.78 is 5.28. The maximum absolute atomic E-state index is 11.9. The maximum Gasteiger partial charge on any atom is 0.410 e. The number of piperidine rings is 1. The fraction of sp³-hybridized carbons (Fsp3) is 0.750. The molecule has 0 unspecified atom stereocenters. The van der Waals surface area contributed by atoms with Gasteiger partial charge in [-0.2, -0.15) is 0 Å². The Morgan fingerprint density at radius 2 is 2.16 bits per heavy atom. The Balaban J connectivity index is 1.95. The number of fused-ring (bicyclic) bond motifs is 1. The topological polar surface area (TPSA) is 88.4 Å². The van der Waals surface area contributed by atoms with Crippen LogP contribution >= 0.6 is 0 Å². The molecule has 0 aromatic rings. The summed E-state index contributed by atoms with van der Waals surface area (Å²) >= 11 is 0. The third-order valence-corrected chi connectivity index (χ3v) is 3.07. The second-order valence-corrected chi connectivity index (χ2v) is 5.75. The van der Waals surface area contributed by atoms with Gasteiger partial charge >= 0.3 is 12.1 Å². The fourth-order valence-electron chi connectivity index (χ4n) is 2.22. The number of ether oxygens (including phenoxy) is 1. The molecule has 2 aliphatic heterocycles. The maximum atomic E-state index is 11.9. The van der Waals surface area contributed by atoms with Gasteiger partial charge in [0, 0.05) is 6.54 Å². The number of carboxylic acid groups (broad SMARTS) is 1. The van der Waals surface area contributed by atoms with Crippen molar-refractivity contribution in [2.24, 2.45) is 11.1 Å². The molecule has 0 bridgehead atoms. The van der Waals surface area contributed by atoms with Gasteiger partial charge in [0.25, 0.3) is 0 Å². The van der Waals surface area contributed by atoms with Crippen LogP contribution < -0.4 is 0 Å². The van der Waals surface area contributed by atoms with Crippen LogP contribution in [0.3, 0.4) is 0 Å². The van der Waals surface area contributed by atoms with E-state index in [1.165, 1.54) is 4.90 Å². The van der Waals surface area contributed by atoms with Crippen LogP contribution in [-0.2, 0) is 14.4 Å². The first-order valence-electron chi connectivity index (χ1n) is 6.23. The van der Waals surface area contributed by atoms with Gasteiger partial charge in [-0.05, 0) is 27.2 Å². The minimum absolute atomic E-state index is 0.0499. The quantitative estimate of drug-likeness (QED) is 0.770. The number of carbonyl (C=O) groups excluding carboxylic acids is 1. The number of carbonyl (C=O) groups is 2. The number of nitrogens with zero attached hydrogens (tertiary/aromatic N) is 2. The third kappa shape index (κ3) is 2.97. The highest BCUT2D eigenvalue weighted by atomic mass is 16.6. The van der Waals surface area contributed by atoms with Gasteiger partial charge in [0.05, 0.1) is 12.5 Å². The van der Waals surface area contributed by atoms with Gasteiger partial charge in [0.2, 0.25) is 0 Å². The van der Waals surface area contributed by atoms with E-state index in [9.17, 15) is 9.59 Å². The van der Waals surface area contributed by atoms with Gasteiger partial charge < -0.3 is 19.6 Å². The van der Waals surface area contributed by atoms with Gasteiger partial charge in [-0.1, -0.05) is 5.16 Å². The van der Waals surface area contributed by atoms with Crippen molar-refractivity contribution in [3.63, 3.8) is 0 Å². The molecule has 0 radical (unpaired) electrons. The second kappa shape index (κ2) is 4.71. The van der Waals surface area contributed by atoms with Crippen molar-refractivity contribution in [1.29, 1.82) is 0 Å². The zero-order chi connectivity index (χ0) is 14.2. The first-order valence-corrected chi connectivity index (χ1v) is 6.23. The number of hydrogen-bond donors (Lipinski definition) is 1.